The average molecular weight is 350 g/mol. The van der Waals surface area contributed by atoms with Crippen molar-refractivity contribution in [2.45, 2.75) is 18.9 Å². The van der Waals surface area contributed by atoms with Gasteiger partial charge in [-0.3, -0.25) is 4.79 Å². The predicted octanol–water partition coefficient (Wildman–Crippen LogP) is 2.95. The van der Waals surface area contributed by atoms with E-state index >= 15 is 0 Å². The lowest BCUT2D eigenvalue weighted by Crippen LogP contribution is -2.31. The summed E-state index contributed by atoms with van der Waals surface area (Å²) in [4.78, 5) is 22.6. The molecule has 0 saturated carbocycles. The second kappa shape index (κ2) is 5.62. The Bertz CT molecular complexity index is 1130. The van der Waals surface area contributed by atoms with Crippen LogP contribution < -0.4 is 0 Å². The number of rotatable bonds is 2. The van der Waals surface area contributed by atoms with Crippen LogP contribution in [0.25, 0.3) is 22.1 Å². The molecule has 26 heavy (non-hydrogen) atoms. The number of carbonyl (C=O) groups is 1. The van der Waals surface area contributed by atoms with Gasteiger partial charge in [-0.25, -0.2) is 9.37 Å². The summed E-state index contributed by atoms with van der Waals surface area (Å²) in [5.41, 5.74) is 3.29. The molecular weight excluding hydrogens is 335 g/mol. The molecule has 8 heteroatoms. The van der Waals surface area contributed by atoms with E-state index in [1.165, 1.54) is 12.1 Å². The van der Waals surface area contributed by atoms with E-state index in [1.807, 2.05) is 4.90 Å². The highest BCUT2D eigenvalue weighted by Gasteiger charge is 2.32. The van der Waals surface area contributed by atoms with Crippen molar-refractivity contribution in [2.24, 2.45) is 0 Å². The van der Waals surface area contributed by atoms with E-state index in [0.717, 1.165) is 18.4 Å². The van der Waals surface area contributed by atoms with Crippen LogP contribution in [0.3, 0.4) is 0 Å². The van der Waals surface area contributed by atoms with Crippen molar-refractivity contribution in [2.75, 3.05) is 6.54 Å². The van der Waals surface area contributed by atoms with Crippen LogP contribution in [0.4, 0.5) is 4.39 Å². The molecule has 1 aliphatic heterocycles. The van der Waals surface area contributed by atoms with Crippen molar-refractivity contribution in [3.05, 3.63) is 53.6 Å². The number of aromatic nitrogens is 5. The zero-order chi connectivity index (χ0) is 17.7. The fraction of sp³-hybridized carbons (Fsp3) is 0.222. The molecule has 7 nitrogen and oxygen atoms in total. The van der Waals surface area contributed by atoms with Crippen LogP contribution in [0, 0.1) is 5.82 Å². The van der Waals surface area contributed by atoms with Crippen LogP contribution in [0.15, 0.2) is 36.4 Å². The molecular formula is C18H15FN6O. The van der Waals surface area contributed by atoms with E-state index in [-0.39, 0.29) is 17.8 Å². The molecule has 0 unspecified atom stereocenters. The van der Waals surface area contributed by atoms with Crippen LogP contribution >= 0.6 is 0 Å². The highest BCUT2D eigenvalue weighted by atomic mass is 19.1. The first-order valence-corrected chi connectivity index (χ1v) is 8.46. The van der Waals surface area contributed by atoms with E-state index in [4.69, 9.17) is 0 Å². The fourth-order valence-corrected chi connectivity index (χ4v) is 3.59. The number of amides is 1. The first kappa shape index (κ1) is 15.0. The van der Waals surface area contributed by atoms with Gasteiger partial charge >= 0.3 is 0 Å². The SMILES string of the molecule is O=C(c1ccc2n[nH]nc2c1)N1CCC[C@H]1c1nc2ccc(F)cc2[nH]1. The Balaban J connectivity index is 1.49. The average Bonchev–Trinajstić information content (AvgIpc) is 3.37. The minimum Gasteiger partial charge on any atom is -0.340 e. The Morgan fingerprint density at radius 3 is 2.88 bits per heavy atom. The number of H-pyrrole nitrogens is 2. The number of likely N-dealkylation sites (tertiary alicyclic amines) is 1. The number of aromatic amines is 2. The summed E-state index contributed by atoms with van der Waals surface area (Å²) in [6.07, 6.45) is 1.72. The summed E-state index contributed by atoms with van der Waals surface area (Å²) in [6, 6.07) is 9.58. The maximum Gasteiger partial charge on any atom is 0.254 e. The van der Waals surface area contributed by atoms with Gasteiger partial charge in [0.05, 0.1) is 17.1 Å². The number of hydrogen-bond acceptors (Lipinski definition) is 4. The zero-order valence-corrected chi connectivity index (χ0v) is 13.7. The molecule has 2 aromatic heterocycles. The van der Waals surface area contributed by atoms with Gasteiger partial charge in [-0.05, 0) is 49.2 Å². The molecule has 1 amide bonds. The van der Waals surface area contributed by atoms with Crippen molar-refractivity contribution in [1.82, 2.24) is 30.3 Å². The monoisotopic (exact) mass is 350 g/mol. The number of carbonyl (C=O) groups excluding carboxylic acids is 1. The van der Waals surface area contributed by atoms with E-state index in [0.29, 0.717) is 34.5 Å². The van der Waals surface area contributed by atoms with E-state index in [2.05, 4.69) is 25.4 Å². The summed E-state index contributed by atoms with van der Waals surface area (Å²) in [5, 5.41) is 10.6. The summed E-state index contributed by atoms with van der Waals surface area (Å²) in [6.45, 7) is 0.658. The smallest absolute Gasteiger partial charge is 0.254 e. The Morgan fingerprint density at radius 2 is 1.96 bits per heavy atom. The number of fused-ring (bicyclic) bond motifs is 2. The maximum atomic E-state index is 13.4. The first-order valence-electron chi connectivity index (χ1n) is 8.46. The third-order valence-electron chi connectivity index (χ3n) is 4.85. The molecule has 1 atom stereocenters. The molecule has 0 spiro atoms. The third-order valence-corrected chi connectivity index (χ3v) is 4.85. The summed E-state index contributed by atoms with van der Waals surface area (Å²) >= 11 is 0. The molecule has 1 saturated heterocycles. The van der Waals surface area contributed by atoms with Crippen molar-refractivity contribution < 1.29 is 9.18 Å². The van der Waals surface area contributed by atoms with Gasteiger partial charge in [-0.2, -0.15) is 15.4 Å². The molecule has 0 radical (unpaired) electrons. The quantitative estimate of drug-likeness (QED) is 0.581. The Kier molecular flexibility index (Phi) is 3.24. The Labute approximate surface area is 147 Å². The van der Waals surface area contributed by atoms with Gasteiger partial charge in [-0.1, -0.05) is 0 Å². The van der Waals surface area contributed by atoms with Crippen LogP contribution in [-0.2, 0) is 0 Å². The Morgan fingerprint density at radius 1 is 1.12 bits per heavy atom. The van der Waals surface area contributed by atoms with Gasteiger partial charge in [-0.15, -0.1) is 0 Å². The van der Waals surface area contributed by atoms with Gasteiger partial charge in [0.25, 0.3) is 5.91 Å². The number of benzene rings is 2. The second-order valence-electron chi connectivity index (χ2n) is 6.47. The third kappa shape index (κ3) is 2.33. The van der Waals surface area contributed by atoms with Gasteiger partial charge < -0.3 is 9.88 Å². The van der Waals surface area contributed by atoms with E-state index < -0.39 is 0 Å². The standard InChI is InChI=1S/C18H15FN6O/c19-11-4-6-12-14(9-11)21-17(20-12)16-2-1-7-25(16)18(26)10-3-5-13-15(8-10)23-24-22-13/h3-6,8-9,16H,1-2,7H2,(H,20,21)(H,22,23,24)/t16-/m0/s1. The van der Waals surface area contributed by atoms with Gasteiger partial charge in [0.1, 0.15) is 22.7 Å². The predicted molar refractivity (Wildman–Crippen MR) is 93.0 cm³/mol. The molecule has 0 aliphatic carbocycles. The van der Waals surface area contributed by atoms with Crippen LogP contribution in [0.5, 0.6) is 0 Å². The van der Waals surface area contributed by atoms with Crippen molar-refractivity contribution in [3.63, 3.8) is 0 Å². The highest BCUT2D eigenvalue weighted by molar-refractivity contribution is 5.97. The molecule has 1 fully saturated rings. The first-order chi connectivity index (χ1) is 12.7. The molecule has 5 rings (SSSR count). The summed E-state index contributed by atoms with van der Waals surface area (Å²) in [7, 11) is 0. The molecule has 2 aromatic carbocycles. The fourth-order valence-electron chi connectivity index (χ4n) is 3.59. The highest BCUT2D eigenvalue weighted by Crippen LogP contribution is 2.33. The zero-order valence-electron chi connectivity index (χ0n) is 13.7. The van der Waals surface area contributed by atoms with Crippen LogP contribution in [0.2, 0.25) is 0 Å². The number of halogens is 1. The van der Waals surface area contributed by atoms with Gasteiger partial charge in [0, 0.05) is 12.1 Å². The van der Waals surface area contributed by atoms with Crippen LogP contribution in [-0.4, -0.2) is 42.7 Å². The molecule has 4 aromatic rings. The number of nitrogens with one attached hydrogen (secondary N) is 2. The van der Waals surface area contributed by atoms with Crippen molar-refractivity contribution >= 4 is 28.0 Å². The summed E-state index contributed by atoms with van der Waals surface area (Å²) < 4.78 is 13.4. The molecule has 130 valence electrons. The van der Waals surface area contributed by atoms with Gasteiger partial charge in [0.2, 0.25) is 0 Å². The summed E-state index contributed by atoms with van der Waals surface area (Å²) in [5.74, 6) is 0.316. The van der Waals surface area contributed by atoms with E-state index in [1.54, 1.807) is 24.3 Å². The Hall–Kier alpha value is -3.29. The molecule has 0 bridgehead atoms. The normalized spacial score (nSPS) is 17.4. The number of imidazole rings is 1. The van der Waals surface area contributed by atoms with E-state index in [9.17, 15) is 9.18 Å². The second-order valence-corrected chi connectivity index (χ2v) is 6.47. The largest absolute Gasteiger partial charge is 0.340 e. The minimum atomic E-state index is -0.312. The van der Waals surface area contributed by atoms with Crippen LogP contribution in [0.1, 0.15) is 35.1 Å². The lowest BCUT2D eigenvalue weighted by molar-refractivity contribution is 0.0730. The number of nitrogens with zero attached hydrogens (tertiary/aromatic N) is 4. The van der Waals surface area contributed by atoms with Gasteiger partial charge in [0.15, 0.2) is 0 Å². The maximum absolute atomic E-state index is 13.4. The lowest BCUT2D eigenvalue weighted by Gasteiger charge is -2.23. The van der Waals surface area contributed by atoms with Crippen molar-refractivity contribution in [1.29, 1.82) is 0 Å². The molecule has 2 N–H and O–H groups in total. The molecule has 3 heterocycles. The molecule has 1 aliphatic rings. The van der Waals surface area contributed by atoms with Crippen molar-refractivity contribution in [3.8, 4) is 0 Å². The number of hydrogen-bond donors (Lipinski definition) is 2. The lowest BCUT2D eigenvalue weighted by atomic mass is 10.1. The minimum absolute atomic E-state index is 0.0657. The topological polar surface area (TPSA) is 90.6 Å².